The van der Waals surface area contributed by atoms with Gasteiger partial charge in [0.25, 0.3) is 11.8 Å². The van der Waals surface area contributed by atoms with Gasteiger partial charge in [-0.25, -0.2) is 4.39 Å². The Morgan fingerprint density at radius 3 is 2.48 bits per heavy atom. The second-order valence-corrected chi connectivity index (χ2v) is 5.61. The summed E-state index contributed by atoms with van der Waals surface area (Å²) in [6, 6.07) is 11.0. The van der Waals surface area contributed by atoms with Gasteiger partial charge in [0, 0.05) is 11.3 Å². The summed E-state index contributed by atoms with van der Waals surface area (Å²) in [5.41, 5.74) is 0.780. The molecule has 0 atom stereocenters. The molecular weight excluding hydrogens is 377 g/mol. The maximum atomic E-state index is 12.8. The third kappa shape index (κ3) is 6.09. The van der Waals surface area contributed by atoms with Gasteiger partial charge in [0.15, 0.2) is 6.61 Å². The Morgan fingerprint density at radius 1 is 1.15 bits per heavy atom. The molecule has 0 heterocycles. The average Bonchev–Trinajstić information content (AvgIpc) is 2.65. The van der Waals surface area contributed by atoms with Crippen molar-refractivity contribution in [2.75, 3.05) is 18.5 Å². The quantitative estimate of drug-likeness (QED) is 0.737. The third-order valence-electron chi connectivity index (χ3n) is 3.24. The molecule has 7 nitrogen and oxygen atoms in total. The highest BCUT2D eigenvalue weighted by Crippen LogP contribution is 2.20. The Labute approximate surface area is 158 Å². The van der Waals surface area contributed by atoms with E-state index in [1.54, 1.807) is 0 Å². The summed E-state index contributed by atoms with van der Waals surface area (Å²) in [6.45, 7) is -1.02. The number of benzene rings is 2. The highest BCUT2D eigenvalue weighted by atomic mass is 35.5. The van der Waals surface area contributed by atoms with Crippen LogP contribution in [0.4, 0.5) is 10.1 Å². The van der Waals surface area contributed by atoms with Gasteiger partial charge in [-0.15, -0.1) is 0 Å². The van der Waals surface area contributed by atoms with Gasteiger partial charge < -0.3 is 15.4 Å². The zero-order valence-electron chi connectivity index (χ0n) is 13.8. The highest BCUT2D eigenvalue weighted by Gasteiger charge is 2.11. The summed E-state index contributed by atoms with van der Waals surface area (Å²) in [5.74, 6) is -2.50. The lowest BCUT2D eigenvalue weighted by Crippen LogP contribution is -2.32. The summed E-state index contributed by atoms with van der Waals surface area (Å²) in [6.07, 6.45) is 0. The lowest BCUT2D eigenvalue weighted by Gasteiger charge is -2.08. The Bertz CT molecular complexity index is 910. The van der Waals surface area contributed by atoms with E-state index in [9.17, 15) is 18.8 Å². The first kappa shape index (κ1) is 19.9. The van der Waals surface area contributed by atoms with Gasteiger partial charge in [-0.05, 0) is 42.5 Å². The normalized spacial score (nSPS) is 9.81. The van der Waals surface area contributed by atoms with E-state index >= 15 is 0 Å². The Kier molecular flexibility index (Phi) is 6.86. The van der Waals surface area contributed by atoms with Crippen LogP contribution >= 0.6 is 11.6 Å². The number of nitrogens with one attached hydrogen (secondary N) is 2. The van der Waals surface area contributed by atoms with E-state index in [2.05, 4.69) is 10.6 Å². The van der Waals surface area contributed by atoms with E-state index < -0.39 is 36.8 Å². The number of hydrogen-bond donors (Lipinski definition) is 2. The molecule has 0 aliphatic rings. The molecule has 0 aromatic heterocycles. The largest absolute Gasteiger partial charge is 0.454 e. The van der Waals surface area contributed by atoms with Crippen molar-refractivity contribution in [1.82, 2.24) is 5.32 Å². The van der Waals surface area contributed by atoms with Gasteiger partial charge >= 0.3 is 5.97 Å². The number of hydrogen-bond acceptors (Lipinski definition) is 5. The first-order valence-electron chi connectivity index (χ1n) is 7.58. The summed E-state index contributed by atoms with van der Waals surface area (Å²) in [7, 11) is 0. The van der Waals surface area contributed by atoms with Gasteiger partial charge in [0.05, 0.1) is 10.6 Å². The van der Waals surface area contributed by atoms with Crippen molar-refractivity contribution >= 4 is 35.1 Å². The Morgan fingerprint density at radius 2 is 1.85 bits per heavy atom. The van der Waals surface area contributed by atoms with Crippen LogP contribution < -0.4 is 10.6 Å². The number of esters is 1. The topological polar surface area (TPSA) is 108 Å². The van der Waals surface area contributed by atoms with Crippen LogP contribution in [0, 0.1) is 17.1 Å². The molecule has 0 aliphatic carbocycles. The van der Waals surface area contributed by atoms with Crippen molar-refractivity contribution in [3.63, 3.8) is 0 Å². The number of amides is 2. The summed E-state index contributed by atoms with van der Waals surface area (Å²) in [5, 5.41) is 13.7. The molecule has 138 valence electrons. The minimum atomic E-state index is -0.821. The predicted octanol–water partition coefficient (Wildman–Crippen LogP) is 2.26. The molecule has 2 aromatic carbocycles. The van der Waals surface area contributed by atoms with Crippen LogP contribution in [0.1, 0.15) is 15.9 Å². The number of carbonyl (C=O) groups is 3. The lowest BCUT2D eigenvalue weighted by molar-refractivity contribution is -0.146. The summed E-state index contributed by atoms with van der Waals surface area (Å²) >= 11 is 5.85. The molecule has 0 aliphatic heterocycles. The molecule has 0 fully saturated rings. The first-order chi connectivity index (χ1) is 12.9. The van der Waals surface area contributed by atoms with E-state index in [0.717, 1.165) is 12.1 Å². The van der Waals surface area contributed by atoms with Crippen molar-refractivity contribution in [3.8, 4) is 6.07 Å². The van der Waals surface area contributed by atoms with Crippen LogP contribution in [0.5, 0.6) is 0 Å². The zero-order chi connectivity index (χ0) is 19.8. The van der Waals surface area contributed by atoms with Crippen molar-refractivity contribution in [1.29, 1.82) is 5.26 Å². The average molecular weight is 390 g/mol. The fraction of sp³-hybridized carbons (Fsp3) is 0.111. The maximum absolute atomic E-state index is 12.8. The lowest BCUT2D eigenvalue weighted by atomic mass is 10.2. The molecule has 27 heavy (non-hydrogen) atoms. The monoisotopic (exact) mass is 389 g/mol. The molecule has 0 saturated heterocycles. The SMILES string of the molecule is N#Cc1ccc(NC(=O)COC(=O)CNC(=O)c2ccc(F)cc2)cc1Cl. The van der Waals surface area contributed by atoms with Crippen LogP contribution in [0.2, 0.25) is 5.02 Å². The van der Waals surface area contributed by atoms with Crippen molar-refractivity contribution in [2.45, 2.75) is 0 Å². The predicted molar refractivity (Wildman–Crippen MR) is 94.5 cm³/mol. The van der Waals surface area contributed by atoms with Crippen molar-refractivity contribution in [2.24, 2.45) is 0 Å². The van der Waals surface area contributed by atoms with Gasteiger partial charge in [-0.2, -0.15) is 5.26 Å². The van der Waals surface area contributed by atoms with Crippen molar-refractivity contribution < 1.29 is 23.5 Å². The summed E-state index contributed by atoms with van der Waals surface area (Å²) in [4.78, 5) is 35.1. The Balaban J connectivity index is 1.75. The highest BCUT2D eigenvalue weighted by molar-refractivity contribution is 6.32. The molecule has 0 spiro atoms. The van der Waals surface area contributed by atoms with Crippen molar-refractivity contribution in [3.05, 3.63) is 64.4 Å². The van der Waals surface area contributed by atoms with Crippen LogP contribution in [0.15, 0.2) is 42.5 Å². The Hall–Kier alpha value is -3.44. The number of nitriles is 1. The first-order valence-corrected chi connectivity index (χ1v) is 7.95. The van der Waals surface area contributed by atoms with Gasteiger partial charge in [-0.3, -0.25) is 14.4 Å². The molecular formula is C18H13ClFN3O4. The molecule has 0 bridgehead atoms. The third-order valence-corrected chi connectivity index (χ3v) is 3.55. The number of halogens is 2. The molecule has 2 amide bonds. The number of anilines is 1. The summed E-state index contributed by atoms with van der Waals surface area (Å²) < 4.78 is 17.5. The minimum absolute atomic E-state index is 0.177. The van der Waals surface area contributed by atoms with Gasteiger partial charge in [0.1, 0.15) is 18.4 Å². The number of carbonyl (C=O) groups excluding carboxylic acids is 3. The van der Waals surface area contributed by atoms with E-state index in [-0.39, 0.29) is 16.1 Å². The van der Waals surface area contributed by atoms with Gasteiger partial charge in [-0.1, -0.05) is 11.6 Å². The molecule has 0 saturated carbocycles. The molecule has 2 aromatic rings. The van der Waals surface area contributed by atoms with E-state index in [1.165, 1.54) is 30.3 Å². The molecule has 9 heteroatoms. The standard InChI is InChI=1S/C18H13ClFN3O4/c19-15-7-14(6-3-12(15)8-21)23-16(24)10-27-17(25)9-22-18(26)11-1-4-13(20)5-2-11/h1-7H,9-10H2,(H,22,26)(H,23,24). The zero-order valence-corrected chi connectivity index (χ0v) is 14.5. The minimum Gasteiger partial charge on any atom is -0.454 e. The fourth-order valence-electron chi connectivity index (χ4n) is 1.93. The van der Waals surface area contributed by atoms with Crippen LogP contribution in [0.3, 0.4) is 0 Å². The van der Waals surface area contributed by atoms with E-state index in [4.69, 9.17) is 21.6 Å². The maximum Gasteiger partial charge on any atom is 0.325 e. The number of ether oxygens (including phenoxy) is 1. The molecule has 0 unspecified atom stereocenters. The molecule has 0 radical (unpaired) electrons. The number of rotatable bonds is 6. The fourth-order valence-corrected chi connectivity index (χ4v) is 2.16. The van der Waals surface area contributed by atoms with Crippen LogP contribution in [-0.2, 0) is 14.3 Å². The number of nitrogens with zero attached hydrogens (tertiary/aromatic N) is 1. The van der Waals surface area contributed by atoms with E-state index in [1.807, 2.05) is 6.07 Å². The van der Waals surface area contributed by atoms with Gasteiger partial charge in [0.2, 0.25) is 0 Å². The van der Waals surface area contributed by atoms with E-state index in [0.29, 0.717) is 5.69 Å². The molecule has 2 N–H and O–H groups in total. The van der Waals surface area contributed by atoms with Crippen LogP contribution in [0.25, 0.3) is 0 Å². The van der Waals surface area contributed by atoms with Crippen LogP contribution in [-0.4, -0.2) is 30.9 Å². The second-order valence-electron chi connectivity index (χ2n) is 5.20. The molecule has 2 rings (SSSR count). The smallest absolute Gasteiger partial charge is 0.325 e. The second kappa shape index (κ2) is 9.31.